The topological polar surface area (TPSA) is 70.5 Å². The van der Waals surface area contributed by atoms with Gasteiger partial charge in [0.25, 0.3) is 0 Å². The summed E-state index contributed by atoms with van der Waals surface area (Å²) in [6.07, 6.45) is -0.273. The first kappa shape index (κ1) is 19.1. The minimum Gasteiger partial charge on any atom is -0.481 e. The molecule has 9 heteroatoms. The van der Waals surface area contributed by atoms with Gasteiger partial charge in [0.15, 0.2) is 0 Å². The molecule has 0 unspecified atom stereocenters. The van der Waals surface area contributed by atoms with Crippen LogP contribution in [0.15, 0.2) is 23.6 Å². The Morgan fingerprint density at radius 2 is 2.04 bits per heavy atom. The Morgan fingerprint density at radius 1 is 1.27 bits per heavy atom. The molecule has 0 aliphatic carbocycles. The van der Waals surface area contributed by atoms with Gasteiger partial charge in [0.1, 0.15) is 10.5 Å². The number of hydrogen-bond acceptors (Lipinski definition) is 5. The molecule has 136 valence electrons. The minimum atomic E-state index is -0.998. The monoisotopic (exact) mass is 428 g/mol. The largest absolute Gasteiger partial charge is 0.481 e. The van der Waals surface area contributed by atoms with Crippen LogP contribution in [0.2, 0.25) is 10.0 Å². The molecule has 0 aliphatic rings. The fourth-order valence-electron chi connectivity index (χ4n) is 2.38. The van der Waals surface area contributed by atoms with E-state index in [1.165, 1.54) is 22.7 Å². The van der Waals surface area contributed by atoms with Gasteiger partial charge in [-0.15, -0.1) is 22.7 Å². The molecule has 2 heterocycles. The third-order valence-electron chi connectivity index (χ3n) is 3.63. The number of aliphatic carboxylic acids is 1. The zero-order chi connectivity index (χ0) is 18.8. The molecule has 26 heavy (non-hydrogen) atoms. The van der Waals surface area contributed by atoms with Crippen molar-refractivity contribution in [1.82, 2.24) is 4.98 Å². The second-order valence-electron chi connectivity index (χ2n) is 5.65. The molecule has 5 nitrogen and oxygen atoms in total. The van der Waals surface area contributed by atoms with Crippen LogP contribution in [0.5, 0.6) is 0 Å². The van der Waals surface area contributed by atoms with Crippen molar-refractivity contribution in [3.63, 3.8) is 0 Å². The predicted molar refractivity (Wildman–Crippen MR) is 107 cm³/mol. The van der Waals surface area contributed by atoms with E-state index in [1.54, 1.807) is 11.0 Å². The summed E-state index contributed by atoms with van der Waals surface area (Å²) in [7, 11) is 0. The maximum atomic E-state index is 12.6. The number of amides is 1. The van der Waals surface area contributed by atoms with Crippen LogP contribution >= 0.6 is 45.9 Å². The maximum absolute atomic E-state index is 12.6. The third kappa shape index (κ3) is 4.17. The van der Waals surface area contributed by atoms with Gasteiger partial charge in [0, 0.05) is 6.42 Å². The standard InChI is InChI=1S/C17H14Cl2N2O3S2/c1-9-6-14(25-8-9)21(13(22)4-5-15(23)24)7-12-20-17-11(26-12)3-2-10(18)16(17)19/h2-3,6,8H,4-5,7H2,1H3,(H,23,24). The van der Waals surface area contributed by atoms with Crippen LogP contribution in [0.3, 0.4) is 0 Å². The van der Waals surface area contributed by atoms with Crippen LogP contribution in [0.25, 0.3) is 10.2 Å². The number of aromatic nitrogens is 1. The number of carbonyl (C=O) groups excluding carboxylic acids is 1. The summed E-state index contributed by atoms with van der Waals surface area (Å²) in [5, 5.41) is 13.1. The van der Waals surface area contributed by atoms with Crippen LogP contribution in [-0.4, -0.2) is 22.0 Å². The zero-order valence-corrected chi connectivity index (χ0v) is 16.8. The lowest BCUT2D eigenvalue weighted by Crippen LogP contribution is -2.29. The van der Waals surface area contributed by atoms with Crippen LogP contribution in [0, 0.1) is 6.92 Å². The van der Waals surface area contributed by atoms with Crippen molar-refractivity contribution >= 4 is 73.0 Å². The number of benzene rings is 1. The quantitative estimate of drug-likeness (QED) is 0.572. The molecule has 3 rings (SSSR count). The summed E-state index contributed by atoms with van der Waals surface area (Å²) < 4.78 is 0.884. The first-order valence-corrected chi connectivity index (χ1v) is 10.1. The number of nitrogens with zero attached hydrogens (tertiary/aromatic N) is 2. The van der Waals surface area contributed by atoms with Gasteiger partial charge >= 0.3 is 5.97 Å². The highest BCUT2D eigenvalue weighted by atomic mass is 35.5. The lowest BCUT2D eigenvalue weighted by atomic mass is 10.2. The van der Waals surface area contributed by atoms with Gasteiger partial charge in [-0.2, -0.15) is 0 Å². The second kappa shape index (κ2) is 7.92. The number of aryl methyl sites for hydroxylation is 1. The fraction of sp³-hybridized carbons (Fsp3) is 0.235. The summed E-state index contributed by atoms with van der Waals surface area (Å²) in [5.74, 6) is -1.25. The summed E-state index contributed by atoms with van der Waals surface area (Å²) >= 11 is 15.1. The van der Waals surface area contributed by atoms with Gasteiger partial charge in [-0.1, -0.05) is 23.2 Å². The molecule has 0 bridgehead atoms. The predicted octanol–water partition coefficient (Wildman–Crippen LogP) is 5.37. The number of halogens is 2. The molecule has 0 aliphatic heterocycles. The highest BCUT2D eigenvalue weighted by Crippen LogP contribution is 2.35. The van der Waals surface area contributed by atoms with E-state index in [9.17, 15) is 9.59 Å². The van der Waals surface area contributed by atoms with E-state index in [1.807, 2.05) is 24.4 Å². The van der Waals surface area contributed by atoms with Crippen LogP contribution in [0.1, 0.15) is 23.4 Å². The molecular formula is C17H14Cl2N2O3S2. The Labute approximate surface area is 167 Å². The number of fused-ring (bicyclic) bond motifs is 1. The first-order chi connectivity index (χ1) is 12.3. The van der Waals surface area contributed by atoms with Crippen LogP contribution in [0.4, 0.5) is 5.00 Å². The summed E-state index contributed by atoms with van der Waals surface area (Å²) in [6.45, 7) is 2.20. The average Bonchev–Trinajstić information content (AvgIpc) is 3.20. The number of carboxylic acid groups (broad SMARTS) is 1. The van der Waals surface area contributed by atoms with Crippen LogP contribution < -0.4 is 4.90 Å². The second-order valence-corrected chi connectivity index (χ2v) is 8.44. The molecule has 0 saturated carbocycles. The molecular weight excluding hydrogens is 415 g/mol. The Kier molecular flexibility index (Phi) is 5.82. The van der Waals surface area contributed by atoms with Gasteiger partial charge in [-0.25, -0.2) is 4.98 Å². The molecule has 0 fully saturated rings. The van der Waals surface area contributed by atoms with Crippen molar-refractivity contribution in [1.29, 1.82) is 0 Å². The molecule has 0 saturated heterocycles. The van der Waals surface area contributed by atoms with E-state index in [-0.39, 0.29) is 25.3 Å². The number of anilines is 1. The lowest BCUT2D eigenvalue weighted by Gasteiger charge is -2.19. The molecule has 2 aromatic heterocycles. The van der Waals surface area contributed by atoms with E-state index in [2.05, 4.69) is 4.98 Å². The SMILES string of the molecule is Cc1csc(N(Cc2nc3c(Cl)c(Cl)ccc3s2)C(=O)CCC(=O)O)c1. The van der Waals surface area contributed by atoms with Gasteiger partial charge < -0.3 is 5.11 Å². The normalized spacial score (nSPS) is 11.0. The summed E-state index contributed by atoms with van der Waals surface area (Å²) in [5.41, 5.74) is 1.65. The van der Waals surface area contributed by atoms with Crippen molar-refractivity contribution in [3.05, 3.63) is 44.2 Å². The van der Waals surface area contributed by atoms with Gasteiger partial charge in [0.05, 0.1) is 32.7 Å². The Morgan fingerprint density at radius 3 is 2.69 bits per heavy atom. The van der Waals surface area contributed by atoms with Crippen LogP contribution in [-0.2, 0) is 16.1 Å². The van der Waals surface area contributed by atoms with Gasteiger partial charge in [-0.05, 0) is 36.1 Å². The number of carbonyl (C=O) groups is 2. The molecule has 1 aromatic carbocycles. The van der Waals surface area contributed by atoms with E-state index in [4.69, 9.17) is 28.3 Å². The summed E-state index contributed by atoms with van der Waals surface area (Å²) in [4.78, 5) is 29.5. The summed E-state index contributed by atoms with van der Waals surface area (Å²) in [6, 6.07) is 5.46. The molecule has 3 aromatic rings. The molecule has 0 radical (unpaired) electrons. The Bertz CT molecular complexity index is 984. The fourth-order valence-corrected chi connectivity index (χ4v) is 4.68. The van der Waals surface area contributed by atoms with Crippen molar-refractivity contribution in [2.45, 2.75) is 26.3 Å². The number of carboxylic acids is 1. The van der Waals surface area contributed by atoms with Crippen molar-refractivity contribution < 1.29 is 14.7 Å². The molecule has 1 amide bonds. The van der Waals surface area contributed by atoms with Gasteiger partial charge in [-0.3, -0.25) is 14.5 Å². The maximum Gasteiger partial charge on any atom is 0.303 e. The molecule has 0 atom stereocenters. The average molecular weight is 429 g/mol. The number of rotatable bonds is 6. The highest BCUT2D eigenvalue weighted by molar-refractivity contribution is 7.18. The first-order valence-electron chi connectivity index (χ1n) is 7.66. The lowest BCUT2D eigenvalue weighted by molar-refractivity contribution is -0.138. The highest BCUT2D eigenvalue weighted by Gasteiger charge is 2.21. The number of thiophene rings is 1. The third-order valence-corrected chi connectivity index (χ3v) is 6.50. The smallest absolute Gasteiger partial charge is 0.303 e. The van der Waals surface area contributed by atoms with E-state index in [0.29, 0.717) is 20.6 Å². The Balaban J connectivity index is 1.91. The minimum absolute atomic E-state index is 0.0657. The van der Waals surface area contributed by atoms with Crippen molar-refractivity contribution in [2.24, 2.45) is 0 Å². The van der Waals surface area contributed by atoms with E-state index < -0.39 is 5.97 Å². The molecule has 1 N–H and O–H groups in total. The van der Waals surface area contributed by atoms with E-state index in [0.717, 1.165) is 15.3 Å². The van der Waals surface area contributed by atoms with Crippen molar-refractivity contribution in [2.75, 3.05) is 4.90 Å². The molecule has 0 spiro atoms. The zero-order valence-electron chi connectivity index (χ0n) is 13.7. The van der Waals surface area contributed by atoms with Crippen molar-refractivity contribution in [3.8, 4) is 0 Å². The van der Waals surface area contributed by atoms with Gasteiger partial charge in [0.2, 0.25) is 5.91 Å². The van der Waals surface area contributed by atoms with E-state index >= 15 is 0 Å². The number of thiazole rings is 1. The number of hydrogen-bond donors (Lipinski definition) is 1. The Hall–Kier alpha value is -1.67.